The van der Waals surface area contributed by atoms with E-state index in [1.807, 2.05) is 13.2 Å². The van der Waals surface area contributed by atoms with Gasteiger partial charge in [0.1, 0.15) is 11.5 Å². The smallest absolute Gasteiger partial charge is 0.103 e. The zero-order chi connectivity index (χ0) is 10.7. The van der Waals surface area contributed by atoms with Crippen LogP contribution in [-0.2, 0) is 7.05 Å². The second-order valence-electron chi connectivity index (χ2n) is 4.24. The van der Waals surface area contributed by atoms with E-state index in [-0.39, 0.29) is 0 Å². The Labute approximate surface area is 90.2 Å². The maximum atomic E-state index is 6.00. The van der Waals surface area contributed by atoms with Gasteiger partial charge < -0.3 is 5.73 Å². The monoisotopic (exact) mass is 206 g/mol. The number of amidine groups is 1. The van der Waals surface area contributed by atoms with Crippen molar-refractivity contribution in [2.24, 2.45) is 23.7 Å². The predicted octanol–water partition coefficient (Wildman–Crippen LogP) is 1.99. The third kappa shape index (κ3) is 2.58. The Hall–Kier alpha value is -1.32. The van der Waals surface area contributed by atoms with Gasteiger partial charge in [0, 0.05) is 13.0 Å². The second-order valence-corrected chi connectivity index (χ2v) is 4.24. The van der Waals surface area contributed by atoms with E-state index >= 15 is 0 Å². The molecule has 1 heterocycles. The molecule has 0 spiro atoms. The first-order valence-electron chi connectivity index (χ1n) is 5.58. The summed E-state index contributed by atoms with van der Waals surface area (Å²) in [6.45, 7) is 0. The molecule has 0 aromatic carbocycles. The molecule has 4 nitrogen and oxygen atoms in total. The fourth-order valence-corrected chi connectivity index (χ4v) is 2.10. The molecule has 1 aromatic heterocycles. The quantitative estimate of drug-likeness (QED) is 0.594. The number of nitrogens with two attached hydrogens (primary N) is 1. The average Bonchev–Trinajstić information content (AvgIpc) is 2.65. The van der Waals surface area contributed by atoms with Crippen molar-refractivity contribution in [1.29, 1.82) is 0 Å². The van der Waals surface area contributed by atoms with Crippen LogP contribution < -0.4 is 5.73 Å². The van der Waals surface area contributed by atoms with Gasteiger partial charge in [0.05, 0.1) is 12.4 Å². The van der Waals surface area contributed by atoms with Gasteiger partial charge in [0.2, 0.25) is 0 Å². The fourth-order valence-electron chi connectivity index (χ4n) is 2.10. The summed E-state index contributed by atoms with van der Waals surface area (Å²) in [5.41, 5.74) is 6.86. The lowest BCUT2D eigenvalue weighted by molar-refractivity contribution is 0.437. The highest BCUT2D eigenvalue weighted by Gasteiger charge is 2.16. The highest BCUT2D eigenvalue weighted by Crippen LogP contribution is 2.24. The van der Waals surface area contributed by atoms with Gasteiger partial charge in [-0.15, -0.1) is 0 Å². The lowest BCUT2D eigenvalue weighted by Gasteiger charge is -2.20. The van der Waals surface area contributed by atoms with Crippen molar-refractivity contribution in [3.63, 3.8) is 0 Å². The molecule has 0 atom stereocenters. The maximum absolute atomic E-state index is 6.00. The van der Waals surface area contributed by atoms with Crippen LogP contribution in [0.1, 0.15) is 32.1 Å². The SMILES string of the molecule is Cn1cc(N=C(N)C2CCCCC2)cn1. The molecule has 0 amide bonds. The third-order valence-corrected chi connectivity index (χ3v) is 2.97. The van der Waals surface area contributed by atoms with E-state index < -0.39 is 0 Å². The molecule has 4 heteroatoms. The summed E-state index contributed by atoms with van der Waals surface area (Å²) < 4.78 is 1.74. The van der Waals surface area contributed by atoms with Gasteiger partial charge in [-0.2, -0.15) is 5.10 Å². The van der Waals surface area contributed by atoms with Gasteiger partial charge in [-0.05, 0) is 12.8 Å². The van der Waals surface area contributed by atoms with Crippen LogP contribution in [0.15, 0.2) is 17.4 Å². The van der Waals surface area contributed by atoms with Crippen LogP contribution in [-0.4, -0.2) is 15.6 Å². The Kier molecular flexibility index (Phi) is 3.04. The van der Waals surface area contributed by atoms with Crippen LogP contribution in [0, 0.1) is 5.92 Å². The summed E-state index contributed by atoms with van der Waals surface area (Å²) in [4.78, 5) is 4.41. The molecular formula is C11H18N4. The van der Waals surface area contributed by atoms with E-state index in [0.29, 0.717) is 5.92 Å². The van der Waals surface area contributed by atoms with E-state index in [1.165, 1.54) is 32.1 Å². The summed E-state index contributed by atoms with van der Waals surface area (Å²) >= 11 is 0. The fraction of sp³-hybridized carbons (Fsp3) is 0.636. The zero-order valence-corrected chi connectivity index (χ0v) is 9.19. The molecule has 2 rings (SSSR count). The van der Waals surface area contributed by atoms with Crippen LogP contribution in [0.25, 0.3) is 0 Å². The summed E-state index contributed by atoms with van der Waals surface area (Å²) in [7, 11) is 1.88. The zero-order valence-electron chi connectivity index (χ0n) is 9.19. The van der Waals surface area contributed by atoms with Crippen molar-refractivity contribution in [3.8, 4) is 0 Å². The van der Waals surface area contributed by atoms with Crippen molar-refractivity contribution in [2.45, 2.75) is 32.1 Å². The molecule has 0 bridgehead atoms. The Morgan fingerprint density at radius 2 is 2.20 bits per heavy atom. The van der Waals surface area contributed by atoms with Crippen molar-refractivity contribution >= 4 is 11.5 Å². The van der Waals surface area contributed by atoms with E-state index in [2.05, 4.69) is 10.1 Å². The summed E-state index contributed by atoms with van der Waals surface area (Å²) in [5, 5.41) is 4.07. The van der Waals surface area contributed by atoms with Crippen LogP contribution >= 0.6 is 0 Å². The second kappa shape index (κ2) is 4.47. The lowest BCUT2D eigenvalue weighted by Crippen LogP contribution is -2.25. The van der Waals surface area contributed by atoms with Crippen LogP contribution in [0.3, 0.4) is 0 Å². The van der Waals surface area contributed by atoms with Crippen molar-refractivity contribution in [3.05, 3.63) is 12.4 Å². The minimum atomic E-state index is 0.485. The molecule has 1 aliphatic carbocycles. The first-order chi connectivity index (χ1) is 7.25. The Balaban J connectivity index is 2.05. The Bertz CT molecular complexity index is 347. The summed E-state index contributed by atoms with van der Waals surface area (Å²) in [6.07, 6.45) is 9.93. The van der Waals surface area contributed by atoms with Crippen molar-refractivity contribution in [2.75, 3.05) is 0 Å². The maximum Gasteiger partial charge on any atom is 0.103 e. The number of aliphatic imine (C=N–C) groups is 1. The molecule has 2 N–H and O–H groups in total. The van der Waals surface area contributed by atoms with E-state index in [9.17, 15) is 0 Å². The normalized spacial score (nSPS) is 19.4. The van der Waals surface area contributed by atoms with Gasteiger partial charge in [-0.3, -0.25) is 4.68 Å². The molecule has 1 aromatic rings. The molecule has 15 heavy (non-hydrogen) atoms. The molecule has 82 valence electrons. The van der Waals surface area contributed by atoms with Crippen LogP contribution in [0.2, 0.25) is 0 Å². The van der Waals surface area contributed by atoms with Gasteiger partial charge in [-0.25, -0.2) is 4.99 Å². The first kappa shape index (κ1) is 10.2. The molecule has 1 aliphatic rings. The topological polar surface area (TPSA) is 56.2 Å². The van der Waals surface area contributed by atoms with Gasteiger partial charge in [-0.1, -0.05) is 19.3 Å². The molecule has 0 radical (unpaired) electrons. The molecule has 1 saturated carbocycles. The average molecular weight is 206 g/mol. The van der Waals surface area contributed by atoms with Gasteiger partial charge in [0.15, 0.2) is 0 Å². The number of nitrogens with zero attached hydrogens (tertiary/aromatic N) is 3. The standard InChI is InChI=1S/C11H18N4/c1-15-8-10(7-13-15)14-11(12)9-5-3-2-4-6-9/h7-9H,2-6H2,1H3,(H2,12,14). The van der Waals surface area contributed by atoms with E-state index in [0.717, 1.165) is 11.5 Å². The lowest BCUT2D eigenvalue weighted by atomic mass is 9.88. The van der Waals surface area contributed by atoms with Crippen molar-refractivity contribution in [1.82, 2.24) is 9.78 Å². The van der Waals surface area contributed by atoms with Crippen molar-refractivity contribution < 1.29 is 0 Å². The minimum absolute atomic E-state index is 0.485. The molecule has 0 saturated heterocycles. The Morgan fingerprint density at radius 1 is 1.47 bits per heavy atom. The number of aryl methyl sites for hydroxylation is 1. The third-order valence-electron chi connectivity index (χ3n) is 2.97. The van der Waals surface area contributed by atoms with Gasteiger partial charge in [0.25, 0.3) is 0 Å². The minimum Gasteiger partial charge on any atom is -0.387 e. The van der Waals surface area contributed by atoms with E-state index in [4.69, 9.17) is 5.73 Å². The van der Waals surface area contributed by atoms with Crippen LogP contribution in [0.4, 0.5) is 5.69 Å². The summed E-state index contributed by atoms with van der Waals surface area (Å²) in [6, 6.07) is 0. The highest BCUT2D eigenvalue weighted by molar-refractivity contribution is 5.85. The highest BCUT2D eigenvalue weighted by atomic mass is 15.2. The number of rotatable bonds is 2. The molecule has 1 fully saturated rings. The number of aromatic nitrogens is 2. The first-order valence-corrected chi connectivity index (χ1v) is 5.58. The number of hydrogen-bond donors (Lipinski definition) is 1. The Morgan fingerprint density at radius 3 is 2.80 bits per heavy atom. The van der Waals surface area contributed by atoms with Crippen LogP contribution in [0.5, 0.6) is 0 Å². The van der Waals surface area contributed by atoms with E-state index in [1.54, 1.807) is 10.9 Å². The molecular weight excluding hydrogens is 188 g/mol. The molecule has 0 aliphatic heterocycles. The molecule has 0 unspecified atom stereocenters. The summed E-state index contributed by atoms with van der Waals surface area (Å²) in [5.74, 6) is 1.27. The predicted molar refractivity (Wildman–Crippen MR) is 61.1 cm³/mol. The number of hydrogen-bond acceptors (Lipinski definition) is 2. The van der Waals surface area contributed by atoms with Gasteiger partial charge >= 0.3 is 0 Å². The largest absolute Gasteiger partial charge is 0.387 e.